The average Bonchev–Trinajstić information content (AvgIpc) is 2.66. The highest BCUT2D eigenvalue weighted by atomic mass is 32.3. The predicted molar refractivity (Wildman–Crippen MR) is 82.1 cm³/mol. The molecule has 102 valence electrons. The van der Waals surface area contributed by atoms with Crippen LogP contribution < -0.4 is 10.2 Å². The molecule has 0 radical (unpaired) electrons. The van der Waals surface area contributed by atoms with Gasteiger partial charge < -0.3 is 10.2 Å². The maximum Gasteiger partial charge on any atom is 0.218 e. The fourth-order valence-electron chi connectivity index (χ4n) is 3.01. The number of aryl methyl sites for hydroxylation is 2. The molecular weight excluding hydrogens is 280 g/mol. The molecule has 19 heavy (non-hydrogen) atoms. The van der Waals surface area contributed by atoms with Crippen LogP contribution in [0, 0.1) is 13.8 Å². The first-order chi connectivity index (χ1) is 8.85. The first-order valence-corrected chi connectivity index (χ1v) is 8.52. The smallest absolute Gasteiger partial charge is 0.218 e. The van der Waals surface area contributed by atoms with Gasteiger partial charge in [0.15, 0.2) is 16.6 Å². The lowest BCUT2D eigenvalue weighted by Gasteiger charge is -2.23. The van der Waals surface area contributed by atoms with E-state index in [-0.39, 0.29) is 17.8 Å². The fraction of sp³-hybridized carbons (Fsp3) is 0.462. The summed E-state index contributed by atoms with van der Waals surface area (Å²) in [5.74, 6) is 0.580. The molecule has 0 spiro atoms. The van der Waals surface area contributed by atoms with Crippen LogP contribution in [0.15, 0.2) is 18.2 Å². The number of anilines is 1. The van der Waals surface area contributed by atoms with Crippen LogP contribution in [0.25, 0.3) is 0 Å². The van der Waals surface area contributed by atoms with Crippen LogP contribution in [0.2, 0.25) is 0 Å². The van der Waals surface area contributed by atoms with E-state index >= 15 is 0 Å². The minimum absolute atomic E-state index is 0.00815. The summed E-state index contributed by atoms with van der Waals surface area (Å²) in [7, 11) is -2.70. The Balaban J connectivity index is 1.99. The SMILES string of the molecule is Cc1cc(C)cc(N2C(=S)N[C@@H]3C[S+](=O)(O)C[C@H]32)c1. The van der Waals surface area contributed by atoms with Crippen molar-refractivity contribution in [2.75, 3.05) is 16.4 Å². The van der Waals surface area contributed by atoms with E-state index in [0.717, 1.165) is 5.69 Å². The monoisotopic (exact) mass is 297 g/mol. The summed E-state index contributed by atoms with van der Waals surface area (Å²) in [6.07, 6.45) is 0. The maximum absolute atomic E-state index is 11.9. The van der Waals surface area contributed by atoms with E-state index in [4.69, 9.17) is 12.2 Å². The van der Waals surface area contributed by atoms with Crippen molar-refractivity contribution in [2.24, 2.45) is 0 Å². The molecule has 0 bridgehead atoms. The van der Waals surface area contributed by atoms with Crippen molar-refractivity contribution >= 4 is 33.2 Å². The van der Waals surface area contributed by atoms with Gasteiger partial charge in [0.25, 0.3) is 0 Å². The third kappa shape index (κ3) is 2.28. The molecule has 0 aromatic heterocycles. The van der Waals surface area contributed by atoms with E-state index < -0.39 is 10.2 Å². The van der Waals surface area contributed by atoms with Crippen molar-refractivity contribution in [3.8, 4) is 0 Å². The second kappa shape index (κ2) is 4.26. The lowest BCUT2D eigenvalue weighted by molar-refractivity contribution is 0.502. The number of hydrogen-bond donors (Lipinski definition) is 2. The highest BCUT2D eigenvalue weighted by Gasteiger charge is 2.54. The van der Waals surface area contributed by atoms with E-state index in [0.29, 0.717) is 10.9 Å². The average molecular weight is 297 g/mol. The van der Waals surface area contributed by atoms with Gasteiger partial charge in [-0.25, -0.2) is 0 Å². The molecule has 0 aliphatic carbocycles. The Morgan fingerprint density at radius 2 is 1.95 bits per heavy atom. The summed E-state index contributed by atoms with van der Waals surface area (Å²) in [6, 6.07) is 6.23. The van der Waals surface area contributed by atoms with Crippen molar-refractivity contribution in [1.82, 2.24) is 5.32 Å². The van der Waals surface area contributed by atoms with Gasteiger partial charge in [0.05, 0.1) is 0 Å². The first-order valence-electron chi connectivity index (χ1n) is 6.26. The summed E-state index contributed by atoms with van der Waals surface area (Å²) in [5.41, 5.74) is 3.35. The number of nitrogens with zero attached hydrogens (tertiary/aromatic N) is 1. The molecule has 3 rings (SSSR count). The largest absolute Gasteiger partial charge is 0.352 e. The summed E-state index contributed by atoms with van der Waals surface area (Å²) in [4.78, 5) is 2.00. The van der Waals surface area contributed by atoms with Crippen molar-refractivity contribution in [1.29, 1.82) is 0 Å². The topological polar surface area (TPSA) is 52.6 Å². The number of thiocarbonyl (C=S) groups is 1. The Morgan fingerprint density at radius 1 is 1.32 bits per heavy atom. The quantitative estimate of drug-likeness (QED) is 0.611. The molecule has 2 fully saturated rings. The Bertz CT molecular complexity index is 582. The second-order valence-electron chi connectivity index (χ2n) is 5.45. The fourth-order valence-corrected chi connectivity index (χ4v) is 5.32. The summed E-state index contributed by atoms with van der Waals surface area (Å²) >= 11 is 5.38. The maximum atomic E-state index is 11.9. The second-order valence-corrected chi connectivity index (χ2v) is 8.04. The number of rotatable bonds is 1. The number of benzene rings is 1. The van der Waals surface area contributed by atoms with E-state index in [2.05, 4.69) is 23.5 Å². The van der Waals surface area contributed by atoms with Crippen molar-refractivity contribution in [3.05, 3.63) is 29.3 Å². The van der Waals surface area contributed by atoms with Gasteiger partial charge in [0.1, 0.15) is 12.1 Å². The van der Waals surface area contributed by atoms with Crippen LogP contribution in [-0.4, -0.2) is 33.3 Å². The molecule has 0 amide bonds. The number of fused-ring (bicyclic) bond motifs is 1. The molecule has 2 N–H and O–H groups in total. The van der Waals surface area contributed by atoms with Gasteiger partial charge in [-0.05, 0) is 49.3 Å². The van der Waals surface area contributed by atoms with Gasteiger partial charge >= 0.3 is 0 Å². The minimum atomic E-state index is -2.70. The molecule has 1 unspecified atom stereocenters. The zero-order valence-corrected chi connectivity index (χ0v) is 12.6. The van der Waals surface area contributed by atoms with Crippen molar-refractivity contribution < 1.29 is 8.76 Å². The highest BCUT2D eigenvalue weighted by molar-refractivity contribution is 7.98. The van der Waals surface area contributed by atoms with Crippen molar-refractivity contribution in [2.45, 2.75) is 25.9 Å². The van der Waals surface area contributed by atoms with E-state index in [1.54, 1.807) is 0 Å². The Labute approximate surface area is 119 Å². The normalized spacial score (nSPS) is 33.4. The van der Waals surface area contributed by atoms with Crippen LogP contribution in [0.3, 0.4) is 0 Å². The Morgan fingerprint density at radius 3 is 2.58 bits per heavy atom. The molecule has 0 saturated carbocycles. The number of nitrogens with one attached hydrogen (secondary N) is 1. The van der Waals surface area contributed by atoms with Crippen LogP contribution in [0.4, 0.5) is 5.69 Å². The molecular formula is C13H17N2O2S2+. The molecule has 2 aliphatic rings. The van der Waals surface area contributed by atoms with E-state index in [1.165, 1.54) is 11.1 Å². The van der Waals surface area contributed by atoms with E-state index in [1.807, 2.05) is 18.7 Å². The molecule has 3 atom stereocenters. The van der Waals surface area contributed by atoms with Gasteiger partial charge in [-0.1, -0.05) is 10.3 Å². The van der Waals surface area contributed by atoms with E-state index in [9.17, 15) is 8.76 Å². The van der Waals surface area contributed by atoms with Crippen LogP contribution in [0.1, 0.15) is 11.1 Å². The zero-order valence-electron chi connectivity index (χ0n) is 10.9. The minimum Gasteiger partial charge on any atom is -0.352 e. The molecule has 1 aromatic rings. The van der Waals surface area contributed by atoms with Gasteiger partial charge in [-0.2, -0.15) is 4.55 Å². The summed E-state index contributed by atoms with van der Waals surface area (Å²) < 4.78 is 21.6. The summed E-state index contributed by atoms with van der Waals surface area (Å²) in [5, 5.41) is 3.84. The number of hydrogen-bond acceptors (Lipinski definition) is 2. The molecule has 2 saturated heterocycles. The molecule has 1 aromatic carbocycles. The van der Waals surface area contributed by atoms with Gasteiger partial charge in [0.2, 0.25) is 10.2 Å². The van der Waals surface area contributed by atoms with Crippen LogP contribution >= 0.6 is 12.2 Å². The Hall–Kier alpha value is -0.980. The van der Waals surface area contributed by atoms with Gasteiger partial charge in [-0.3, -0.25) is 0 Å². The zero-order chi connectivity index (χ0) is 13.8. The lowest BCUT2D eigenvalue weighted by Crippen LogP contribution is -2.37. The standard InChI is InChI=1S/C13H16N2O2S2/c1-8-3-9(2)5-10(4-8)15-12-7-19(16,17)6-11(12)14-13(15)18/h3-5,11-12H,6-7H2,1-2H3,(H-,14,16,17,18)/p+1/t11-,12-/m1/s1. The summed E-state index contributed by atoms with van der Waals surface area (Å²) in [6.45, 7) is 4.09. The molecule has 4 nitrogen and oxygen atoms in total. The Kier molecular flexibility index (Phi) is 2.92. The molecule has 2 aliphatic heterocycles. The van der Waals surface area contributed by atoms with Gasteiger partial charge in [-0.15, -0.1) is 0 Å². The molecule has 6 heteroatoms. The lowest BCUT2D eigenvalue weighted by atomic mass is 10.1. The first kappa shape index (κ1) is 13.0. The van der Waals surface area contributed by atoms with Crippen LogP contribution in [0.5, 0.6) is 0 Å². The van der Waals surface area contributed by atoms with Crippen molar-refractivity contribution in [3.63, 3.8) is 0 Å². The molecule has 2 heterocycles. The third-order valence-electron chi connectivity index (χ3n) is 3.68. The third-order valence-corrected chi connectivity index (χ3v) is 5.74. The predicted octanol–water partition coefficient (Wildman–Crippen LogP) is 1.72. The van der Waals surface area contributed by atoms with Gasteiger partial charge in [0, 0.05) is 5.69 Å². The van der Waals surface area contributed by atoms with Crippen LogP contribution in [-0.2, 0) is 14.4 Å². The highest BCUT2D eigenvalue weighted by Crippen LogP contribution is 2.32.